The molecule has 0 aliphatic heterocycles. The third-order valence-corrected chi connectivity index (χ3v) is 3.93. The highest BCUT2D eigenvalue weighted by Crippen LogP contribution is 2.34. The molecule has 0 saturated carbocycles. The Morgan fingerprint density at radius 1 is 1.05 bits per heavy atom. The van der Waals surface area contributed by atoms with E-state index in [4.69, 9.17) is 8.83 Å². The molecular formula is C17H16O4. The van der Waals surface area contributed by atoms with Crippen molar-refractivity contribution < 1.29 is 13.6 Å². The molecule has 2 aromatic heterocycles. The van der Waals surface area contributed by atoms with Gasteiger partial charge < -0.3 is 13.6 Å². The van der Waals surface area contributed by atoms with Crippen LogP contribution in [0.2, 0.25) is 0 Å². The fraction of sp³-hybridized carbons (Fsp3) is 0.294. The van der Waals surface area contributed by atoms with Crippen LogP contribution in [-0.4, -0.2) is 6.29 Å². The zero-order valence-electron chi connectivity index (χ0n) is 12.3. The van der Waals surface area contributed by atoms with Gasteiger partial charge in [-0.05, 0) is 31.9 Å². The van der Waals surface area contributed by atoms with Crippen LogP contribution in [0.4, 0.5) is 0 Å². The number of hydrogen-bond donors (Lipinski definition) is 0. The molecule has 0 radical (unpaired) electrons. The molecule has 0 aliphatic carbocycles. The first-order valence-electron chi connectivity index (χ1n) is 6.98. The van der Waals surface area contributed by atoms with E-state index in [1.807, 2.05) is 26.8 Å². The average Bonchev–Trinajstić information content (AvgIpc) is 2.74. The van der Waals surface area contributed by atoms with Crippen molar-refractivity contribution in [2.75, 3.05) is 0 Å². The summed E-state index contributed by atoms with van der Waals surface area (Å²) in [5.41, 5.74) is 3.60. The lowest BCUT2D eigenvalue weighted by atomic mass is 9.99. The maximum absolute atomic E-state index is 11.6. The number of benzene rings is 1. The molecule has 0 atom stereocenters. The molecule has 3 rings (SSSR count). The Morgan fingerprint density at radius 3 is 2.43 bits per heavy atom. The summed E-state index contributed by atoms with van der Waals surface area (Å²) in [5.74, 6) is 0.738. The van der Waals surface area contributed by atoms with Crippen LogP contribution in [0.15, 0.2) is 25.8 Å². The Labute approximate surface area is 121 Å². The lowest BCUT2D eigenvalue weighted by Gasteiger charge is -2.06. The molecule has 0 unspecified atom stereocenters. The van der Waals surface area contributed by atoms with E-state index in [9.17, 15) is 9.59 Å². The first kappa shape index (κ1) is 13.6. The molecule has 0 amide bonds. The van der Waals surface area contributed by atoms with E-state index < -0.39 is 0 Å². The molecule has 0 N–H and O–H groups in total. The molecule has 0 bridgehead atoms. The van der Waals surface area contributed by atoms with Crippen molar-refractivity contribution in [3.63, 3.8) is 0 Å². The van der Waals surface area contributed by atoms with Crippen molar-refractivity contribution in [1.82, 2.24) is 0 Å². The van der Waals surface area contributed by atoms with Gasteiger partial charge in [-0.25, -0.2) is 4.79 Å². The minimum absolute atomic E-state index is 0.323. The van der Waals surface area contributed by atoms with Crippen LogP contribution in [0.25, 0.3) is 21.9 Å². The number of aldehydes is 1. The summed E-state index contributed by atoms with van der Waals surface area (Å²) in [7, 11) is 0. The number of carbonyl (C=O) groups is 1. The van der Waals surface area contributed by atoms with Gasteiger partial charge in [0.05, 0.1) is 0 Å². The van der Waals surface area contributed by atoms with Gasteiger partial charge in [0.2, 0.25) is 0 Å². The van der Waals surface area contributed by atoms with E-state index in [0.717, 1.165) is 39.5 Å². The lowest BCUT2D eigenvalue weighted by Crippen LogP contribution is -2.00. The van der Waals surface area contributed by atoms with Gasteiger partial charge in [-0.2, -0.15) is 0 Å². The topological polar surface area (TPSA) is 60.4 Å². The zero-order chi connectivity index (χ0) is 15.1. The second-order valence-corrected chi connectivity index (χ2v) is 5.22. The number of rotatable bonds is 3. The normalized spacial score (nSPS) is 11.4. The van der Waals surface area contributed by atoms with Crippen molar-refractivity contribution in [1.29, 1.82) is 0 Å². The van der Waals surface area contributed by atoms with Crippen molar-refractivity contribution in [3.05, 3.63) is 45.0 Å². The predicted molar refractivity (Wildman–Crippen MR) is 80.9 cm³/mol. The van der Waals surface area contributed by atoms with Gasteiger partial charge in [-0.15, -0.1) is 0 Å². The molecule has 108 valence electrons. The summed E-state index contributed by atoms with van der Waals surface area (Å²) < 4.78 is 11.2. The predicted octanol–water partition coefficient (Wildman–Crippen LogP) is 3.46. The molecular weight excluding hydrogens is 268 g/mol. The summed E-state index contributed by atoms with van der Waals surface area (Å²) in [6.07, 6.45) is 1.89. The summed E-state index contributed by atoms with van der Waals surface area (Å²) in [6.45, 7) is 5.73. The summed E-state index contributed by atoms with van der Waals surface area (Å²) >= 11 is 0. The summed E-state index contributed by atoms with van der Waals surface area (Å²) in [6, 6.07) is 3.44. The van der Waals surface area contributed by atoms with E-state index in [0.29, 0.717) is 24.0 Å². The fourth-order valence-electron chi connectivity index (χ4n) is 2.90. The van der Waals surface area contributed by atoms with E-state index in [1.165, 1.54) is 6.07 Å². The Bertz CT molecular complexity index is 912. The van der Waals surface area contributed by atoms with Crippen molar-refractivity contribution >= 4 is 28.2 Å². The van der Waals surface area contributed by atoms with Gasteiger partial charge in [-0.1, -0.05) is 6.92 Å². The average molecular weight is 284 g/mol. The largest absolute Gasteiger partial charge is 0.461 e. The van der Waals surface area contributed by atoms with E-state index in [1.54, 1.807) is 0 Å². The molecule has 4 nitrogen and oxygen atoms in total. The maximum Gasteiger partial charge on any atom is 0.336 e. The maximum atomic E-state index is 11.6. The number of furan rings is 1. The van der Waals surface area contributed by atoms with Crippen LogP contribution in [0.1, 0.15) is 29.4 Å². The standard InChI is InChI=1S/C17H16O4/c1-4-11-16-13(9(2)7-15(19)21-16)8-14-12(5-6-18)10(3)20-17(11)14/h6-8H,4-5H2,1-3H3. The monoisotopic (exact) mass is 284 g/mol. The first-order chi connectivity index (χ1) is 10.1. The number of hydrogen-bond acceptors (Lipinski definition) is 4. The highest BCUT2D eigenvalue weighted by atomic mass is 16.4. The molecule has 0 spiro atoms. The van der Waals surface area contributed by atoms with E-state index >= 15 is 0 Å². The molecule has 4 heteroatoms. The summed E-state index contributed by atoms with van der Waals surface area (Å²) in [5, 5.41) is 1.83. The van der Waals surface area contributed by atoms with E-state index in [2.05, 4.69) is 0 Å². The first-order valence-corrected chi connectivity index (χ1v) is 6.98. The minimum atomic E-state index is -0.356. The second-order valence-electron chi connectivity index (χ2n) is 5.22. The van der Waals surface area contributed by atoms with Crippen LogP contribution < -0.4 is 5.63 Å². The van der Waals surface area contributed by atoms with Crippen LogP contribution in [0.3, 0.4) is 0 Å². The lowest BCUT2D eigenvalue weighted by molar-refractivity contribution is -0.107. The number of fused-ring (bicyclic) bond motifs is 2. The summed E-state index contributed by atoms with van der Waals surface area (Å²) in [4.78, 5) is 22.5. The van der Waals surface area contributed by atoms with Crippen molar-refractivity contribution in [2.45, 2.75) is 33.6 Å². The minimum Gasteiger partial charge on any atom is -0.461 e. The van der Waals surface area contributed by atoms with E-state index in [-0.39, 0.29) is 5.63 Å². The van der Waals surface area contributed by atoms with Gasteiger partial charge >= 0.3 is 5.63 Å². The van der Waals surface area contributed by atoms with Crippen LogP contribution in [0, 0.1) is 13.8 Å². The fourth-order valence-corrected chi connectivity index (χ4v) is 2.90. The Morgan fingerprint density at radius 2 is 1.76 bits per heavy atom. The highest BCUT2D eigenvalue weighted by molar-refractivity contribution is 6.00. The van der Waals surface area contributed by atoms with Gasteiger partial charge in [-0.3, -0.25) is 0 Å². The van der Waals surface area contributed by atoms with Crippen LogP contribution in [0.5, 0.6) is 0 Å². The van der Waals surface area contributed by atoms with Crippen molar-refractivity contribution in [2.24, 2.45) is 0 Å². The molecule has 2 heterocycles. The molecule has 1 aromatic carbocycles. The Balaban J connectivity index is 2.55. The third-order valence-electron chi connectivity index (χ3n) is 3.93. The Kier molecular flexibility index (Phi) is 3.16. The quantitative estimate of drug-likeness (QED) is 0.546. The number of aryl methyl sites for hydroxylation is 3. The number of carbonyl (C=O) groups excluding carboxylic acids is 1. The molecule has 0 fully saturated rings. The molecule has 21 heavy (non-hydrogen) atoms. The molecule has 0 saturated heterocycles. The highest BCUT2D eigenvalue weighted by Gasteiger charge is 2.18. The molecule has 3 aromatic rings. The SMILES string of the molecule is CCc1c2oc(=O)cc(C)c2cc2c(CC=O)c(C)oc12. The van der Waals surface area contributed by atoms with Gasteiger partial charge in [0.1, 0.15) is 23.2 Å². The van der Waals surface area contributed by atoms with Crippen LogP contribution >= 0.6 is 0 Å². The van der Waals surface area contributed by atoms with Crippen molar-refractivity contribution in [3.8, 4) is 0 Å². The molecule has 0 aliphatic rings. The van der Waals surface area contributed by atoms with Crippen LogP contribution in [-0.2, 0) is 17.6 Å². The van der Waals surface area contributed by atoms with Gasteiger partial charge in [0, 0.05) is 34.4 Å². The van der Waals surface area contributed by atoms with Gasteiger partial charge in [0.15, 0.2) is 0 Å². The third kappa shape index (κ3) is 1.98. The zero-order valence-corrected chi connectivity index (χ0v) is 12.3. The smallest absolute Gasteiger partial charge is 0.336 e. The second kappa shape index (κ2) is 4.88. The van der Waals surface area contributed by atoms with Gasteiger partial charge in [0.25, 0.3) is 0 Å². The Hall–Kier alpha value is -2.36.